The third-order valence-corrected chi connectivity index (χ3v) is 4.43. The Morgan fingerprint density at radius 1 is 1.18 bits per heavy atom. The van der Waals surface area contributed by atoms with Crippen molar-refractivity contribution in [3.05, 3.63) is 50.7 Å². The van der Waals surface area contributed by atoms with E-state index in [2.05, 4.69) is 4.98 Å². The lowest BCUT2D eigenvalue weighted by Crippen LogP contribution is -2.41. The Labute approximate surface area is 163 Å². The molecule has 2 aromatic rings. The molecule has 0 unspecified atom stereocenters. The van der Waals surface area contributed by atoms with E-state index in [1.807, 2.05) is 26.0 Å². The molecule has 1 aromatic carbocycles. The summed E-state index contributed by atoms with van der Waals surface area (Å²) in [6.07, 6.45) is 1.71. The minimum absolute atomic E-state index is 0.0177. The van der Waals surface area contributed by atoms with E-state index >= 15 is 0 Å². The molecule has 0 aliphatic heterocycles. The van der Waals surface area contributed by atoms with Crippen LogP contribution >= 0.6 is 0 Å². The van der Waals surface area contributed by atoms with Crippen molar-refractivity contribution in [2.45, 2.75) is 46.6 Å². The van der Waals surface area contributed by atoms with E-state index in [1.54, 1.807) is 19.1 Å². The molecule has 0 aliphatic carbocycles. The summed E-state index contributed by atoms with van der Waals surface area (Å²) in [6.45, 7) is 6.86. The average molecular weight is 388 g/mol. The quantitative estimate of drug-likeness (QED) is 0.682. The van der Waals surface area contributed by atoms with E-state index in [0.29, 0.717) is 13.2 Å². The lowest BCUT2D eigenvalue weighted by molar-refractivity contribution is -0.117. The van der Waals surface area contributed by atoms with Gasteiger partial charge in [0, 0.05) is 13.1 Å². The summed E-state index contributed by atoms with van der Waals surface area (Å²) < 4.78 is 6.71. The van der Waals surface area contributed by atoms with Gasteiger partial charge in [-0.3, -0.25) is 19.1 Å². The first kappa shape index (κ1) is 21.3. The summed E-state index contributed by atoms with van der Waals surface area (Å²) >= 11 is 0. The zero-order valence-electron chi connectivity index (χ0n) is 16.7. The van der Waals surface area contributed by atoms with E-state index in [4.69, 9.17) is 10.5 Å². The number of carbonyl (C=O) groups excluding carboxylic acids is 1. The standard InChI is InChI=1S/C20H28N4O4/c1-4-7-12-24-18(21)17(19(26)22-20(24)27)23(5-2)16(25)13-14-8-10-15(11-9-14)28-6-3/h8-11H,4-7,12-13,21H2,1-3H3,(H,22,26,27). The number of aromatic amines is 1. The Kier molecular flexibility index (Phi) is 7.43. The molecule has 1 heterocycles. The molecule has 8 heteroatoms. The predicted molar refractivity (Wildman–Crippen MR) is 110 cm³/mol. The van der Waals surface area contributed by atoms with Gasteiger partial charge in [-0.25, -0.2) is 4.79 Å². The fraction of sp³-hybridized carbons (Fsp3) is 0.450. The van der Waals surface area contributed by atoms with Gasteiger partial charge in [0.15, 0.2) is 5.69 Å². The molecule has 0 aliphatic rings. The molecule has 0 spiro atoms. The molecule has 0 bridgehead atoms. The molecular formula is C20H28N4O4. The Bertz CT molecular complexity index is 915. The summed E-state index contributed by atoms with van der Waals surface area (Å²) in [5.41, 5.74) is 5.72. The second kappa shape index (κ2) is 9.77. The molecule has 0 saturated carbocycles. The van der Waals surface area contributed by atoms with Crippen LogP contribution < -0.4 is 26.6 Å². The van der Waals surface area contributed by atoms with E-state index in [0.717, 1.165) is 24.2 Å². The Morgan fingerprint density at radius 3 is 2.43 bits per heavy atom. The van der Waals surface area contributed by atoms with Crippen LogP contribution in [0.15, 0.2) is 33.9 Å². The van der Waals surface area contributed by atoms with Crippen LogP contribution in [0.2, 0.25) is 0 Å². The van der Waals surface area contributed by atoms with Crippen molar-refractivity contribution in [1.29, 1.82) is 0 Å². The smallest absolute Gasteiger partial charge is 0.330 e. The minimum Gasteiger partial charge on any atom is -0.494 e. The van der Waals surface area contributed by atoms with Gasteiger partial charge in [0.05, 0.1) is 13.0 Å². The monoisotopic (exact) mass is 388 g/mol. The van der Waals surface area contributed by atoms with Gasteiger partial charge in [-0.15, -0.1) is 0 Å². The van der Waals surface area contributed by atoms with E-state index in [9.17, 15) is 14.4 Å². The van der Waals surface area contributed by atoms with Gasteiger partial charge in [-0.2, -0.15) is 0 Å². The highest BCUT2D eigenvalue weighted by molar-refractivity contribution is 5.96. The largest absolute Gasteiger partial charge is 0.494 e. The van der Waals surface area contributed by atoms with Gasteiger partial charge in [0.1, 0.15) is 11.6 Å². The molecule has 152 valence electrons. The lowest BCUT2D eigenvalue weighted by atomic mass is 10.1. The highest BCUT2D eigenvalue weighted by Crippen LogP contribution is 2.19. The van der Waals surface area contributed by atoms with Gasteiger partial charge >= 0.3 is 5.69 Å². The molecular weight excluding hydrogens is 360 g/mol. The number of aromatic nitrogens is 2. The number of ether oxygens (including phenoxy) is 1. The maximum atomic E-state index is 12.9. The van der Waals surface area contributed by atoms with Gasteiger partial charge in [-0.05, 0) is 38.0 Å². The Balaban J connectivity index is 2.32. The zero-order valence-corrected chi connectivity index (χ0v) is 16.7. The number of hydrogen-bond acceptors (Lipinski definition) is 5. The van der Waals surface area contributed by atoms with Gasteiger partial charge < -0.3 is 15.4 Å². The number of nitrogen functional groups attached to an aromatic ring is 1. The van der Waals surface area contributed by atoms with Crippen molar-refractivity contribution in [2.75, 3.05) is 23.8 Å². The summed E-state index contributed by atoms with van der Waals surface area (Å²) in [6, 6.07) is 7.22. The number of likely N-dealkylation sites (N-methyl/N-ethyl adjacent to an activating group) is 1. The van der Waals surface area contributed by atoms with Crippen molar-refractivity contribution in [2.24, 2.45) is 0 Å². The number of nitrogens with one attached hydrogen (secondary N) is 1. The maximum absolute atomic E-state index is 12.9. The van der Waals surface area contributed by atoms with Crippen molar-refractivity contribution in [1.82, 2.24) is 9.55 Å². The number of nitrogens with two attached hydrogens (primary N) is 1. The molecule has 8 nitrogen and oxygen atoms in total. The highest BCUT2D eigenvalue weighted by atomic mass is 16.5. The average Bonchev–Trinajstić information content (AvgIpc) is 2.66. The van der Waals surface area contributed by atoms with Crippen LogP contribution in [0.5, 0.6) is 5.75 Å². The van der Waals surface area contributed by atoms with Crippen LogP contribution in [0, 0.1) is 0 Å². The zero-order chi connectivity index (χ0) is 20.7. The number of carbonyl (C=O) groups is 1. The number of amides is 1. The third kappa shape index (κ3) is 4.82. The predicted octanol–water partition coefficient (Wildman–Crippen LogP) is 1.91. The third-order valence-electron chi connectivity index (χ3n) is 4.43. The second-order valence-electron chi connectivity index (χ2n) is 6.39. The molecule has 0 saturated heterocycles. The fourth-order valence-corrected chi connectivity index (χ4v) is 2.98. The van der Waals surface area contributed by atoms with E-state index in [1.165, 1.54) is 9.47 Å². The van der Waals surface area contributed by atoms with Crippen LogP contribution in [0.1, 0.15) is 39.2 Å². The number of H-pyrrole nitrogens is 1. The maximum Gasteiger partial charge on any atom is 0.330 e. The van der Waals surface area contributed by atoms with Gasteiger partial charge in [0.2, 0.25) is 5.91 Å². The van der Waals surface area contributed by atoms with Crippen molar-refractivity contribution < 1.29 is 9.53 Å². The molecule has 0 radical (unpaired) electrons. The molecule has 3 N–H and O–H groups in total. The first-order chi connectivity index (χ1) is 13.4. The first-order valence-electron chi connectivity index (χ1n) is 9.57. The molecule has 2 rings (SSSR count). The normalized spacial score (nSPS) is 10.7. The minimum atomic E-state index is -0.655. The topological polar surface area (TPSA) is 110 Å². The van der Waals surface area contributed by atoms with Crippen molar-refractivity contribution in [3.63, 3.8) is 0 Å². The van der Waals surface area contributed by atoms with Gasteiger partial charge in [-0.1, -0.05) is 25.5 Å². The van der Waals surface area contributed by atoms with Crippen molar-refractivity contribution >= 4 is 17.4 Å². The lowest BCUT2D eigenvalue weighted by Gasteiger charge is -2.23. The van der Waals surface area contributed by atoms with Gasteiger partial charge in [0.25, 0.3) is 5.56 Å². The number of unbranched alkanes of at least 4 members (excludes halogenated alkanes) is 1. The van der Waals surface area contributed by atoms with Crippen LogP contribution in [0.25, 0.3) is 0 Å². The van der Waals surface area contributed by atoms with Crippen LogP contribution in [0.4, 0.5) is 11.5 Å². The summed E-state index contributed by atoms with van der Waals surface area (Å²) in [4.78, 5) is 41.0. The van der Waals surface area contributed by atoms with E-state index < -0.39 is 11.2 Å². The molecule has 0 atom stereocenters. The van der Waals surface area contributed by atoms with E-state index in [-0.39, 0.29) is 30.4 Å². The van der Waals surface area contributed by atoms with Crippen molar-refractivity contribution in [3.8, 4) is 5.75 Å². The summed E-state index contributed by atoms with van der Waals surface area (Å²) in [5, 5.41) is 0. The van der Waals surface area contributed by atoms with Crippen LogP contribution in [-0.2, 0) is 17.8 Å². The number of rotatable bonds is 9. The molecule has 1 aromatic heterocycles. The Hall–Kier alpha value is -3.03. The molecule has 28 heavy (non-hydrogen) atoms. The second-order valence-corrected chi connectivity index (χ2v) is 6.39. The fourth-order valence-electron chi connectivity index (χ4n) is 2.98. The Morgan fingerprint density at radius 2 is 1.86 bits per heavy atom. The molecule has 1 amide bonds. The molecule has 0 fully saturated rings. The van der Waals surface area contributed by atoms with Crippen LogP contribution in [-0.4, -0.2) is 28.6 Å². The van der Waals surface area contributed by atoms with Crippen LogP contribution in [0.3, 0.4) is 0 Å². The first-order valence-corrected chi connectivity index (χ1v) is 9.57. The summed E-state index contributed by atoms with van der Waals surface area (Å²) in [7, 11) is 0. The summed E-state index contributed by atoms with van der Waals surface area (Å²) in [5.74, 6) is 0.475. The highest BCUT2D eigenvalue weighted by Gasteiger charge is 2.23. The number of hydrogen-bond donors (Lipinski definition) is 2. The number of nitrogens with zero attached hydrogens (tertiary/aromatic N) is 2. The number of benzene rings is 1. The SMILES string of the molecule is CCCCn1c(N)c(N(CC)C(=O)Cc2ccc(OCC)cc2)c(=O)[nH]c1=O. The number of anilines is 2.